The maximum atomic E-state index is 16.3. The summed E-state index contributed by atoms with van der Waals surface area (Å²) in [6, 6.07) is 17.2. The van der Waals surface area contributed by atoms with Crippen LogP contribution in [0.2, 0.25) is 0 Å². The lowest BCUT2D eigenvalue weighted by atomic mass is 9.45. The molecule has 5 fully saturated rings. The van der Waals surface area contributed by atoms with Gasteiger partial charge in [0.2, 0.25) is 5.91 Å². The number of likely N-dealkylation sites (N-methyl/N-ethyl adjacent to an activating group) is 1. The lowest BCUT2D eigenvalue weighted by molar-refractivity contribution is -0.183. The van der Waals surface area contributed by atoms with E-state index in [1.165, 1.54) is 17.2 Å². The molecule has 13 nitrogen and oxygen atoms in total. The third-order valence-electron chi connectivity index (χ3n) is 14.5. The number of halogens is 1. The summed E-state index contributed by atoms with van der Waals surface area (Å²) in [7, 11) is 7.75. The van der Waals surface area contributed by atoms with Crippen molar-refractivity contribution in [2.45, 2.75) is 83.8 Å². The van der Waals surface area contributed by atoms with Gasteiger partial charge in [-0.2, -0.15) is 5.06 Å². The first kappa shape index (κ1) is 47.8. The Kier molecular flexibility index (Phi) is 15.4. The maximum absolute atomic E-state index is 16.3. The second kappa shape index (κ2) is 20.6. The monoisotopic (exact) mass is 887 g/mol. The van der Waals surface area contributed by atoms with Crippen molar-refractivity contribution in [1.82, 2.24) is 25.5 Å². The van der Waals surface area contributed by atoms with E-state index < -0.39 is 36.6 Å². The van der Waals surface area contributed by atoms with Gasteiger partial charge in [-0.25, -0.2) is 4.39 Å². The molecule has 2 saturated heterocycles. The highest BCUT2D eigenvalue weighted by Gasteiger charge is 2.57. The Hall–Kier alpha value is -4.15. The number of hydrogen-bond acceptors (Lipinski definition) is 11. The van der Waals surface area contributed by atoms with Crippen molar-refractivity contribution in [3.05, 3.63) is 83.2 Å². The zero-order valence-electron chi connectivity index (χ0n) is 39.1. The van der Waals surface area contributed by atoms with Gasteiger partial charge >= 0.3 is 0 Å². The fraction of sp³-hybridized carbons (Fsp3) is 0.600. The second-order valence-corrected chi connectivity index (χ2v) is 19.8. The van der Waals surface area contributed by atoms with Gasteiger partial charge in [-0.15, -0.1) is 0 Å². The van der Waals surface area contributed by atoms with Crippen LogP contribution < -0.4 is 20.3 Å². The summed E-state index contributed by atoms with van der Waals surface area (Å²) < 4.78 is 28.6. The first-order chi connectivity index (χ1) is 30.5. The number of ether oxygens (including phenoxy) is 2. The van der Waals surface area contributed by atoms with Gasteiger partial charge in [0.15, 0.2) is 0 Å². The number of morpholine rings is 1. The Morgan fingerprint density at radius 1 is 1.03 bits per heavy atom. The minimum absolute atomic E-state index is 0.0410. The molecule has 2 amide bonds. The van der Waals surface area contributed by atoms with Gasteiger partial charge in [-0.05, 0) is 105 Å². The molecule has 9 atom stereocenters. The Labute approximate surface area is 379 Å². The molecule has 350 valence electrons. The van der Waals surface area contributed by atoms with Crippen molar-refractivity contribution in [2.75, 3.05) is 85.7 Å². The number of rotatable bonds is 18. The number of carbonyl (C=O) groups is 2. The van der Waals surface area contributed by atoms with Gasteiger partial charge in [0, 0.05) is 80.7 Å². The molecular weight excluding hydrogens is 816 g/mol. The topological polar surface area (TPSA) is 139 Å². The van der Waals surface area contributed by atoms with Crippen LogP contribution >= 0.6 is 0 Å². The summed E-state index contributed by atoms with van der Waals surface area (Å²) in [5.74, 6) is -0.179. The average molecular weight is 887 g/mol. The molecule has 0 spiro atoms. The molecular formula is C50H71FN6O7. The summed E-state index contributed by atoms with van der Waals surface area (Å²) in [6.45, 7) is 12.2. The Bertz CT molecular complexity index is 2060. The lowest BCUT2D eigenvalue weighted by Gasteiger charge is -2.62. The van der Waals surface area contributed by atoms with Crippen LogP contribution in [0.4, 0.5) is 10.1 Å². The number of aliphatic hydroxyl groups is 2. The van der Waals surface area contributed by atoms with Crippen molar-refractivity contribution in [1.29, 1.82) is 0 Å². The minimum atomic E-state index is -0.996. The first-order valence-electron chi connectivity index (χ1n) is 23.1. The fourth-order valence-electron chi connectivity index (χ4n) is 10.8. The Balaban J connectivity index is 1.23. The number of anilines is 1. The standard InChI is InChI=1S/C50H71FN6O7/c1-31-42-25-37(50(42,3)4)26-43(31)53-49(61)46-45(32(2)59)44(30-58)64-57(46)28-36-22-38(51)27-41(47(36)63-19-16-56-14-17-62-18-15-56)34-21-35(24-40(23-34)55(7)8)48(60)52-39(29-54(5)6)20-33-12-10-9-11-13-33/h9-13,21-24,27,31-32,37,39,42-46,58-59H,14-20,25-26,28-30H2,1-8H3,(H,52,60)(H,53,61)/t31-,32-,37-,39-,42+,43-,44-,45+,46-/m0/s1. The quantitative estimate of drug-likeness (QED) is 0.140. The number of aliphatic hydroxyl groups excluding tert-OH is 2. The van der Waals surface area contributed by atoms with Gasteiger partial charge in [0.05, 0.1) is 32.5 Å². The van der Waals surface area contributed by atoms with Crippen LogP contribution in [0.1, 0.15) is 62.0 Å². The summed E-state index contributed by atoms with van der Waals surface area (Å²) >= 11 is 0. The van der Waals surface area contributed by atoms with E-state index in [0.717, 1.165) is 37.2 Å². The molecule has 5 aliphatic rings. The zero-order valence-corrected chi connectivity index (χ0v) is 39.1. The van der Waals surface area contributed by atoms with Crippen LogP contribution in [0.25, 0.3) is 11.1 Å². The highest BCUT2D eigenvalue weighted by atomic mass is 19.1. The van der Waals surface area contributed by atoms with Crippen LogP contribution in [0.5, 0.6) is 5.75 Å². The van der Waals surface area contributed by atoms with E-state index in [9.17, 15) is 19.8 Å². The first-order valence-corrected chi connectivity index (χ1v) is 23.1. The van der Waals surface area contributed by atoms with E-state index in [2.05, 4.69) is 48.4 Å². The van der Waals surface area contributed by atoms with E-state index in [0.29, 0.717) is 72.6 Å². The van der Waals surface area contributed by atoms with Crippen LogP contribution in [0.3, 0.4) is 0 Å². The molecule has 2 bridgehead atoms. The number of hydroxylamine groups is 2. The van der Waals surface area contributed by atoms with Crippen LogP contribution in [0.15, 0.2) is 60.7 Å². The van der Waals surface area contributed by atoms with Crippen LogP contribution in [-0.4, -0.2) is 148 Å². The number of hydrogen-bond donors (Lipinski definition) is 4. The number of fused-ring (bicyclic) bond motifs is 2. The van der Waals surface area contributed by atoms with Crippen LogP contribution in [0, 0.1) is 34.9 Å². The third-order valence-corrected chi connectivity index (χ3v) is 14.5. The largest absolute Gasteiger partial charge is 0.491 e. The summed E-state index contributed by atoms with van der Waals surface area (Å²) in [5, 5.41) is 29.8. The van der Waals surface area contributed by atoms with Crippen molar-refractivity contribution in [3.63, 3.8) is 0 Å². The van der Waals surface area contributed by atoms with Gasteiger partial charge in [0.1, 0.15) is 30.3 Å². The molecule has 14 heteroatoms. The van der Waals surface area contributed by atoms with Crippen molar-refractivity contribution < 1.29 is 38.5 Å². The molecule has 0 radical (unpaired) electrons. The molecule has 64 heavy (non-hydrogen) atoms. The fourth-order valence-corrected chi connectivity index (χ4v) is 10.8. The predicted molar refractivity (Wildman–Crippen MR) is 246 cm³/mol. The second-order valence-electron chi connectivity index (χ2n) is 19.8. The van der Waals surface area contributed by atoms with E-state index in [1.54, 1.807) is 13.0 Å². The van der Waals surface area contributed by atoms with E-state index in [1.807, 2.05) is 68.3 Å². The molecule has 3 aromatic carbocycles. The molecule has 0 aromatic heterocycles. The third kappa shape index (κ3) is 10.8. The van der Waals surface area contributed by atoms with Crippen molar-refractivity contribution >= 4 is 17.5 Å². The van der Waals surface area contributed by atoms with E-state index >= 15 is 4.39 Å². The average Bonchev–Trinajstić information content (AvgIpc) is 3.63. The zero-order chi connectivity index (χ0) is 45.9. The lowest BCUT2D eigenvalue weighted by Crippen LogP contribution is -2.62. The number of carbonyl (C=O) groups excluding carboxylic acids is 2. The molecule has 0 unspecified atom stereocenters. The Morgan fingerprint density at radius 3 is 2.41 bits per heavy atom. The van der Waals surface area contributed by atoms with Crippen molar-refractivity contribution in [2.24, 2.45) is 29.1 Å². The SMILES string of the molecule is C[C@@H]1[C@@H](NC(=O)[C@@H]2[C@H]([C@H](C)O)[C@H](CO)ON2Cc2cc(F)cc(-c3cc(C(=O)N[C@@H](Cc4ccccc4)CN(C)C)cc(N(C)C)c3)c2OCCN2CCOCC2)C[C@@H]2C[C@H]1C2(C)C. The molecule has 4 N–H and O–H groups in total. The minimum Gasteiger partial charge on any atom is -0.491 e. The normalized spacial score (nSPS) is 26.5. The van der Waals surface area contributed by atoms with Gasteiger partial charge in [0.25, 0.3) is 5.91 Å². The van der Waals surface area contributed by atoms with Crippen LogP contribution in [-0.2, 0) is 27.3 Å². The van der Waals surface area contributed by atoms with Gasteiger partial charge in [-0.1, -0.05) is 51.1 Å². The summed E-state index contributed by atoms with van der Waals surface area (Å²) in [6.07, 6.45) is 0.804. The summed E-state index contributed by atoms with van der Waals surface area (Å²) in [5.41, 5.74) is 3.92. The van der Waals surface area contributed by atoms with E-state index in [4.69, 9.17) is 14.3 Å². The number of nitrogens with zero attached hydrogens (tertiary/aromatic N) is 4. The van der Waals surface area contributed by atoms with E-state index in [-0.39, 0.29) is 48.4 Å². The number of amides is 2. The molecule has 2 aliphatic heterocycles. The molecule has 8 rings (SSSR count). The highest BCUT2D eigenvalue weighted by molar-refractivity contribution is 5.97. The van der Waals surface area contributed by atoms with Crippen molar-refractivity contribution in [3.8, 4) is 16.9 Å². The number of benzene rings is 3. The highest BCUT2D eigenvalue weighted by Crippen LogP contribution is 2.61. The maximum Gasteiger partial charge on any atom is 0.251 e. The molecule has 3 saturated carbocycles. The molecule has 3 aliphatic carbocycles. The predicted octanol–water partition coefficient (Wildman–Crippen LogP) is 4.83. The summed E-state index contributed by atoms with van der Waals surface area (Å²) in [4.78, 5) is 41.4. The Morgan fingerprint density at radius 2 is 1.77 bits per heavy atom. The van der Waals surface area contributed by atoms with Gasteiger partial charge in [-0.3, -0.25) is 19.3 Å². The molecule has 2 heterocycles. The number of nitrogens with one attached hydrogen (secondary N) is 2. The van der Waals surface area contributed by atoms with Gasteiger partial charge < -0.3 is 40.1 Å². The molecule has 3 aromatic rings. The smallest absolute Gasteiger partial charge is 0.251 e.